The van der Waals surface area contributed by atoms with E-state index in [2.05, 4.69) is 15.6 Å². The van der Waals surface area contributed by atoms with Crippen LogP contribution in [0.15, 0.2) is 29.3 Å². The smallest absolute Gasteiger partial charge is 0.191 e. The highest BCUT2D eigenvalue weighted by atomic mass is 35.5. The minimum absolute atomic E-state index is 0.106. The Hall–Kier alpha value is -1.27. The van der Waals surface area contributed by atoms with Crippen molar-refractivity contribution in [2.75, 3.05) is 31.6 Å². The monoisotopic (exact) mass is 331 g/mol. The number of guanidine groups is 1. The van der Waals surface area contributed by atoms with Crippen molar-refractivity contribution >= 4 is 27.4 Å². The summed E-state index contributed by atoms with van der Waals surface area (Å²) in [6.45, 7) is 2.66. The second-order valence-corrected chi connectivity index (χ2v) is 7.38. The van der Waals surface area contributed by atoms with Crippen molar-refractivity contribution < 1.29 is 8.42 Å². The highest BCUT2D eigenvalue weighted by Crippen LogP contribution is 2.14. The Labute approximate surface area is 131 Å². The van der Waals surface area contributed by atoms with Gasteiger partial charge in [0.15, 0.2) is 15.8 Å². The normalized spacial score (nSPS) is 12.2. The van der Waals surface area contributed by atoms with E-state index in [0.29, 0.717) is 19.0 Å². The summed E-state index contributed by atoms with van der Waals surface area (Å²) in [6.07, 6.45) is 0.771. The van der Waals surface area contributed by atoms with Crippen LogP contribution in [0.1, 0.15) is 12.5 Å². The third-order valence-electron chi connectivity index (χ3n) is 3.01. The number of hydrogen-bond donors (Lipinski definition) is 2. The fraction of sp³-hybridized carbons (Fsp3) is 0.500. The quantitative estimate of drug-likeness (QED) is 0.586. The molecule has 1 aromatic rings. The molecular formula is C14H22ClN3O2S. The van der Waals surface area contributed by atoms with Crippen molar-refractivity contribution in [1.29, 1.82) is 0 Å². The van der Waals surface area contributed by atoms with Crippen LogP contribution in [-0.4, -0.2) is 46.0 Å². The van der Waals surface area contributed by atoms with E-state index in [0.717, 1.165) is 17.0 Å². The Balaban J connectivity index is 2.34. The van der Waals surface area contributed by atoms with Crippen molar-refractivity contribution in [3.05, 3.63) is 34.9 Å². The summed E-state index contributed by atoms with van der Waals surface area (Å²) in [7, 11) is -1.30. The first-order valence-corrected chi connectivity index (χ1v) is 9.06. The number of aliphatic imine (C=N–C) groups is 1. The molecule has 0 aliphatic carbocycles. The van der Waals surface area contributed by atoms with E-state index < -0.39 is 9.84 Å². The third kappa shape index (κ3) is 6.82. The van der Waals surface area contributed by atoms with Gasteiger partial charge in [0.25, 0.3) is 0 Å². The molecule has 0 radical (unpaired) electrons. The van der Waals surface area contributed by atoms with Crippen LogP contribution >= 0.6 is 11.6 Å². The summed E-state index contributed by atoms with van der Waals surface area (Å²) < 4.78 is 22.8. The highest BCUT2D eigenvalue weighted by Gasteiger charge is 2.07. The van der Waals surface area contributed by atoms with Gasteiger partial charge < -0.3 is 10.6 Å². The van der Waals surface area contributed by atoms with Crippen molar-refractivity contribution in [2.24, 2.45) is 4.99 Å². The van der Waals surface area contributed by atoms with Gasteiger partial charge in [-0.15, -0.1) is 0 Å². The number of sulfone groups is 1. The molecule has 0 amide bonds. The summed E-state index contributed by atoms with van der Waals surface area (Å²) in [5, 5.41) is 6.87. The maximum Gasteiger partial charge on any atom is 0.191 e. The topological polar surface area (TPSA) is 70.6 Å². The Morgan fingerprint density at radius 1 is 1.24 bits per heavy atom. The summed E-state index contributed by atoms with van der Waals surface area (Å²) in [6, 6.07) is 7.69. The van der Waals surface area contributed by atoms with Crippen LogP contribution in [-0.2, 0) is 16.3 Å². The first-order valence-electron chi connectivity index (χ1n) is 6.87. The first kappa shape index (κ1) is 17.8. The fourth-order valence-corrected chi connectivity index (χ4v) is 2.64. The van der Waals surface area contributed by atoms with Gasteiger partial charge in [-0.1, -0.05) is 36.7 Å². The third-order valence-corrected chi connectivity index (χ3v) is 5.09. The molecule has 5 nitrogen and oxygen atoms in total. The highest BCUT2D eigenvalue weighted by molar-refractivity contribution is 7.91. The lowest BCUT2D eigenvalue weighted by Crippen LogP contribution is -2.40. The molecular weight excluding hydrogens is 310 g/mol. The Morgan fingerprint density at radius 2 is 1.90 bits per heavy atom. The Kier molecular flexibility index (Phi) is 7.53. The predicted molar refractivity (Wildman–Crippen MR) is 88.8 cm³/mol. The van der Waals surface area contributed by atoms with Crippen LogP contribution < -0.4 is 10.6 Å². The van der Waals surface area contributed by atoms with E-state index in [1.165, 1.54) is 0 Å². The van der Waals surface area contributed by atoms with Gasteiger partial charge in [0.05, 0.1) is 5.75 Å². The first-order chi connectivity index (χ1) is 9.98. The average Bonchev–Trinajstić information content (AvgIpc) is 2.47. The van der Waals surface area contributed by atoms with Crippen LogP contribution in [0, 0.1) is 0 Å². The zero-order chi connectivity index (χ0) is 15.7. The number of halogens is 1. The van der Waals surface area contributed by atoms with Gasteiger partial charge in [-0.05, 0) is 18.1 Å². The maximum atomic E-state index is 11.4. The zero-order valence-corrected chi connectivity index (χ0v) is 14.0. The minimum Gasteiger partial charge on any atom is -0.356 e. The van der Waals surface area contributed by atoms with E-state index in [9.17, 15) is 8.42 Å². The predicted octanol–water partition coefficient (Wildman–Crippen LogP) is 1.48. The molecule has 0 aromatic heterocycles. The molecule has 7 heteroatoms. The van der Waals surface area contributed by atoms with Crippen molar-refractivity contribution in [2.45, 2.75) is 13.3 Å². The molecule has 0 unspecified atom stereocenters. The van der Waals surface area contributed by atoms with Gasteiger partial charge in [-0.3, -0.25) is 4.99 Å². The molecule has 21 heavy (non-hydrogen) atoms. The van der Waals surface area contributed by atoms with Gasteiger partial charge in [0.1, 0.15) is 0 Å². The number of nitrogens with one attached hydrogen (secondary N) is 2. The molecule has 0 fully saturated rings. The lowest BCUT2D eigenvalue weighted by molar-refractivity contribution is 0.595. The summed E-state index contributed by atoms with van der Waals surface area (Å²) in [5.74, 6) is 0.857. The summed E-state index contributed by atoms with van der Waals surface area (Å²) in [5.41, 5.74) is 1.07. The number of benzene rings is 1. The van der Waals surface area contributed by atoms with Gasteiger partial charge in [-0.2, -0.15) is 0 Å². The molecule has 0 spiro atoms. The second kappa shape index (κ2) is 8.89. The minimum atomic E-state index is -2.96. The molecule has 2 N–H and O–H groups in total. The molecule has 1 rings (SSSR count). The molecule has 0 saturated carbocycles. The molecule has 1 aromatic carbocycles. The molecule has 118 valence electrons. The number of nitrogens with zero attached hydrogens (tertiary/aromatic N) is 1. The molecule has 0 saturated heterocycles. The molecule has 0 aliphatic rings. The van der Waals surface area contributed by atoms with Crippen LogP contribution in [0.4, 0.5) is 0 Å². The van der Waals surface area contributed by atoms with E-state index >= 15 is 0 Å². The maximum absolute atomic E-state index is 11.4. The Morgan fingerprint density at radius 3 is 2.52 bits per heavy atom. The van der Waals surface area contributed by atoms with Gasteiger partial charge >= 0.3 is 0 Å². The molecule has 0 bridgehead atoms. The van der Waals surface area contributed by atoms with E-state index in [1.807, 2.05) is 24.3 Å². The van der Waals surface area contributed by atoms with E-state index in [-0.39, 0.29) is 11.5 Å². The van der Waals surface area contributed by atoms with Crippen molar-refractivity contribution in [3.8, 4) is 0 Å². The Bertz CT molecular complexity index is 573. The fourth-order valence-electron chi connectivity index (χ4n) is 1.71. The lowest BCUT2D eigenvalue weighted by Gasteiger charge is -2.12. The standard InChI is InChI=1S/C14H22ClN3O2S/c1-3-21(19,20)11-10-18-14(16-2)17-9-8-12-6-4-5-7-13(12)15/h4-7H,3,8-11H2,1-2H3,(H2,16,17,18). The van der Waals surface area contributed by atoms with Crippen molar-refractivity contribution in [3.63, 3.8) is 0 Å². The second-order valence-electron chi connectivity index (χ2n) is 4.50. The van der Waals surface area contributed by atoms with Gasteiger partial charge in [0.2, 0.25) is 0 Å². The number of hydrogen-bond acceptors (Lipinski definition) is 3. The van der Waals surface area contributed by atoms with Crippen LogP contribution in [0.5, 0.6) is 0 Å². The molecule has 0 heterocycles. The zero-order valence-electron chi connectivity index (χ0n) is 12.4. The van der Waals surface area contributed by atoms with Crippen LogP contribution in [0.25, 0.3) is 0 Å². The van der Waals surface area contributed by atoms with E-state index in [4.69, 9.17) is 11.6 Å². The van der Waals surface area contributed by atoms with E-state index in [1.54, 1.807) is 14.0 Å². The molecule has 0 atom stereocenters. The SMILES string of the molecule is CCS(=O)(=O)CCNC(=NC)NCCc1ccccc1Cl. The van der Waals surface area contributed by atoms with Gasteiger partial charge in [-0.25, -0.2) is 8.42 Å². The van der Waals surface area contributed by atoms with Crippen molar-refractivity contribution in [1.82, 2.24) is 10.6 Å². The van der Waals surface area contributed by atoms with Crippen LogP contribution in [0.3, 0.4) is 0 Å². The number of rotatable bonds is 7. The molecule has 0 aliphatic heterocycles. The summed E-state index contributed by atoms with van der Waals surface area (Å²) >= 11 is 6.08. The lowest BCUT2D eigenvalue weighted by atomic mass is 10.1. The summed E-state index contributed by atoms with van der Waals surface area (Å²) in [4.78, 5) is 4.05. The van der Waals surface area contributed by atoms with Gasteiger partial charge in [0, 0.05) is 30.9 Å². The van der Waals surface area contributed by atoms with Crippen LogP contribution in [0.2, 0.25) is 5.02 Å². The largest absolute Gasteiger partial charge is 0.356 e. The average molecular weight is 332 g/mol.